The van der Waals surface area contributed by atoms with E-state index in [9.17, 15) is 38.4 Å². The van der Waals surface area contributed by atoms with Gasteiger partial charge < -0.3 is 47.4 Å². The third-order valence-electron chi connectivity index (χ3n) is 10.5. The van der Waals surface area contributed by atoms with Crippen molar-refractivity contribution in [3.63, 3.8) is 0 Å². The van der Waals surface area contributed by atoms with Gasteiger partial charge in [-0.05, 0) is 161 Å². The summed E-state index contributed by atoms with van der Waals surface area (Å²) in [5.74, 6) is -2.03. The van der Waals surface area contributed by atoms with E-state index in [1.54, 1.807) is 48.5 Å². The van der Waals surface area contributed by atoms with Gasteiger partial charge in [-0.3, -0.25) is 19.2 Å². The van der Waals surface area contributed by atoms with Gasteiger partial charge in [0.1, 0.15) is 37.9 Å². The molecule has 0 aliphatic heterocycles. The van der Waals surface area contributed by atoms with Crippen molar-refractivity contribution in [2.45, 2.75) is 103 Å². The second-order valence-electron chi connectivity index (χ2n) is 17.3. The molecule has 0 bridgehead atoms. The van der Waals surface area contributed by atoms with Crippen molar-refractivity contribution in [3.05, 3.63) is 103 Å². The molecule has 0 amide bonds. The molecular formula is C56H60Cl8O18. The van der Waals surface area contributed by atoms with E-state index in [2.05, 4.69) is 0 Å². The van der Waals surface area contributed by atoms with E-state index in [-0.39, 0.29) is 96.0 Å². The Bertz CT molecular complexity index is 2530. The minimum Gasteiger partial charge on any atom is -0.464 e. The van der Waals surface area contributed by atoms with E-state index < -0.39 is 49.0 Å². The Hall–Kier alpha value is -5.12. The number of ether oxygens (including phenoxy) is 10. The number of esters is 6. The van der Waals surface area contributed by atoms with E-state index in [0.717, 1.165) is 12.8 Å². The quantitative estimate of drug-likeness (QED) is 0.0133. The fraction of sp³-hybridized carbons (Fsp3) is 0.429. The van der Waals surface area contributed by atoms with Crippen LogP contribution in [0.4, 0.5) is 0 Å². The van der Waals surface area contributed by atoms with E-state index >= 15 is 0 Å². The van der Waals surface area contributed by atoms with Gasteiger partial charge >= 0.3 is 35.8 Å². The molecule has 0 aliphatic carbocycles. The van der Waals surface area contributed by atoms with Crippen LogP contribution >= 0.6 is 92.8 Å². The van der Waals surface area contributed by atoms with Crippen molar-refractivity contribution in [1.29, 1.82) is 0 Å². The zero-order valence-corrected chi connectivity index (χ0v) is 50.3. The number of hydrogen-bond donors (Lipinski definition) is 0. The van der Waals surface area contributed by atoms with Crippen molar-refractivity contribution >= 4 is 139 Å². The Labute approximate surface area is 514 Å². The first-order valence-electron chi connectivity index (χ1n) is 25.7. The molecule has 0 aliphatic rings. The lowest BCUT2D eigenvalue weighted by atomic mass is 10.2. The predicted octanol–water partition coefficient (Wildman–Crippen LogP) is 14.7. The summed E-state index contributed by atoms with van der Waals surface area (Å²) in [7, 11) is 0. The molecule has 4 aromatic rings. The smallest absolute Gasteiger partial charge is 0.332 e. The fourth-order valence-corrected chi connectivity index (χ4v) is 8.01. The Kier molecular flexibility index (Phi) is 36.3. The zero-order chi connectivity index (χ0) is 60.1. The lowest BCUT2D eigenvalue weighted by molar-refractivity contribution is -0.157. The maximum absolute atomic E-state index is 12.5. The van der Waals surface area contributed by atoms with Crippen molar-refractivity contribution in [1.82, 2.24) is 0 Å². The van der Waals surface area contributed by atoms with Gasteiger partial charge in [0.25, 0.3) is 0 Å². The average Bonchev–Trinajstić information content (AvgIpc) is 3.49. The molecule has 0 N–H and O–H groups in total. The topological polar surface area (TPSA) is 229 Å². The van der Waals surface area contributed by atoms with Crippen molar-refractivity contribution < 1.29 is 85.7 Å². The normalized spacial score (nSPS) is 10.6. The van der Waals surface area contributed by atoms with Gasteiger partial charge in [0.05, 0.1) is 36.5 Å². The summed E-state index contributed by atoms with van der Waals surface area (Å²) in [5.41, 5.74) is 0. The number of carbonyl (C=O) groups is 8. The predicted molar refractivity (Wildman–Crippen MR) is 308 cm³/mol. The lowest BCUT2D eigenvalue weighted by Crippen LogP contribution is -2.19. The van der Waals surface area contributed by atoms with Gasteiger partial charge in [0.2, 0.25) is 10.5 Å². The third-order valence-corrected chi connectivity index (χ3v) is 12.4. The molecule has 0 saturated heterocycles. The zero-order valence-electron chi connectivity index (χ0n) is 44.3. The second-order valence-corrected chi connectivity index (χ2v) is 20.7. The molecule has 0 atom stereocenters. The van der Waals surface area contributed by atoms with Crippen LogP contribution in [0.1, 0.15) is 103 Å². The Morgan fingerprint density at radius 1 is 0.305 bits per heavy atom. The summed E-state index contributed by atoms with van der Waals surface area (Å²) in [6.07, 6.45) is 7.97. The van der Waals surface area contributed by atoms with Gasteiger partial charge in [-0.15, -0.1) is 0 Å². The number of carbonyl (C=O) groups excluding carboxylic acids is 8. The van der Waals surface area contributed by atoms with Crippen molar-refractivity contribution in [3.8, 4) is 34.5 Å². The van der Waals surface area contributed by atoms with E-state index in [1.807, 2.05) is 0 Å². The number of unbranched alkanes of at least 4 members (excludes halogenated alkanes) is 8. The van der Waals surface area contributed by atoms with E-state index in [4.69, 9.17) is 140 Å². The molecule has 18 nitrogen and oxygen atoms in total. The Morgan fingerprint density at radius 2 is 0.585 bits per heavy atom. The van der Waals surface area contributed by atoms with Crippen molar-refractivity contribution in [2.24, 2.45) is 0 Å². The molecule has 82 heavy (non-hydrogen) atoms. The second kappa shape index (κ2) is 41.8. The SMILES string of the molecule is O=C(COCC(=O)OCCCCCC(=O)Oc1cc(Cl)ccc1Oc1ccc(Cl)cc1Cl)OCCCCCC(=O)Oc1cc(Cl)ccc1Oc1ccc(Cl)cc1Cl.O=C(Cl)CCCCCOC(=O)COCC(=O)OCCCCCC(=O)Cl. The highest BCUT2D eigenvalue weighted by Crippen LogP contribution is 2.39. The van der Waals surface area contributed by atoms with Gasteiger partial charge in [0.15, 0.2) is 23.0 Å². The molecule has 4 aromatic carbocycles. The van der Waals surface area contributed by atoms with E-state index in [0.29, 0.717) is 109 Å². The number of benzene rings is 4. The maximum atomic E-state index is 12.5. The van der Waals surface area contributed by atoms with Crippen molar-refractivity contribution in [2.75, 3.05) is 52.9 Å². The van der Waals surface area contributed by atoms with Gasteiger partial charge in [-0.25, -0.2) is 19.2 Å². The monoisotopic (exact) mass is 1300 g/mol. The average molecular weight is 1300 g/mol. The van der Waals surface area contributed by atoms with Gasteiger partial charge in [-0.1, -0.05) is 69.6 Å². The van der Waals surface area contributed by atoms with Crippen LogP contribution in [0.15, 0.2) is 72.8 Å². The summed E-state index contributed by atoms with van der Waals surface area (Å²) in [6.45, 7) is -0.838. The van der Waals surface area contributed by atoms with Crippen LogP contribution < -0.4 is 18.9 Å². The van der Waals surface area contributed by atoms with Gasteiger partial charge in [0, 0.05) is 57.9 Å². The lowest BCUT2D eigenvalue weighted by Gasteiger charge is -2.13. The summed E-state index contributed by atoms with van der Waals surface area (Å²) < 4.78 is 52.6. The summed E-state index contributed by atoms with van der Waals surface area (Å²) >= 11 is 46.8. The highest BCUT2D eigenvalue weighted by molar-refractivity contribution is 6.63. The molecular weight excluding hydrogens is 1240 g/mol. The summed E-state index contributed by atoms with van der Waals surface area (Å²) in [5, 5.41) is 1.40. The molecule has 0 fully saturated rings. The molecule has 448 valence electrons. The maximum Gasteiger partial charge on any atom is 0.332 e. The highest BCUT2D eigenvalue weighted by Gasteiger charge is 2.17. The van der Waals surface area contributed by atoms with Crippen LogP contribution in [0, 0.1) is 0 Å². The minimum atomic E-state index is -0.645. The Balaban J connectivity index is 0.000000592. The summed E-state index contributed by atoms with van der Waals surface area (Å²) in [6, 6.07) is 18.7. The van der Waals surface area contributed by atoms with E-state index in [1.165, 1.54) is 24.3 Å². The first-order valence-corrected chi connectivity index (χ1v) is 28.7. The molecule has 0 radical (unpaired) electrons. The molecule has 0 unspecified atom stereocenters. The molecule has 0 heterocycles. The molecule has 4 rings (SSSR count). The molecule has 0 aromatic heterocycles. The number of hydrogen-bond acceptors (Lipinski definition) is 18. The Morgan fingerprint density at radius 3 is 0.878 bits per heavy atom. The third kappa shape index (κ3) is 33.2. The van der Waals surface area contributed by atoms with Crippen LogP contribution in [-0.2, 0) is 66.8 Å². The van der Waals surface area contributed by atoms with Crippen LogP contribution in [-0.4, -0.2) is 99.2 Å². The fourth-order valence-electron chi connectivity index (χ4n) is 6.52. The van der Waals surface area contributed by atoms with Crippen LogP contribution in [0.25, 0.3) is 0 Å². The first-order chi connectivity index (χ1) is 39.3. The van der Waals surface area contributed by atoms with Gasteiger partial charge in [-0.2, -0.15) is 0 Å². The van der Waals surface area contributed by atoms with Crippen LogP contribution in [0.5, 0.6) is 34.5 Å². The largest absolute Gasteiger partial charge is 0.464 e. The number of halogens is 8. The highest BCUT2D eigenvalue weighted by atomic mass is 35.5. The first kappa shape index (κ1) is 71.1. The summed E-state index contributed by atoms with van der Waals surface area (Å²) in [4.78, 5) is 92.6. The van der Waals surface area contributed by atoms with Crippen LogP contribution in [0.3, 0.4) is 0 Å². The molecule has 0 saturated carbocycles. The standard InChI is InChI=1S/C40H36Cl6O11.C16H24Cl2O7/c41-25-9-13-31(29(45)19-25)54-33-15-11-27(43)21-35(33)56-37(47)7-3-1-5-17-52-39(49)23-51-24-40(50)53-18-6-2-4-8-38(48)57-36-22-28(44)12-16-34(36)55-32-14-10-26(42)20-30(32)46;17-13(19)7-3-1-5-9-24-15(21)11-23-12-16(22)25-10-6-2-4-8-14(18)20/h9-16,19-22H,1-8,17-18,23-24H2;1-12H2. The minimum absolute atomic E-state index is 0.1000. The molecule has 26 heteroatoms. The number of rotatable bonds is 38. The van der Waals surface area contributed by atoms with Crippen LogP contribution in [0.2, 0.25) is 30.1 Å². The molecule has 0 spiro atoms.